The van der Waals surface area contributed by atoms with Gasteiger partial charge in [0.25, 0.3) is 0 Å². The SMILES string of the molecule is C1CN(c2nc(C3CC3)ns2)CC2(C1)OCCO2. The third-order valence-corrected chi connectivity index (χ3v) is 4.67. The number of piperidine rings is 1. The van der Waals surface area contributed by atoms with Crippen LogP contribution in [-0.4, -0.2) is 41.4 Å². The summed E-state index contributed by atoms with van der Waals surface area (Å²) in [5.74, 6) is 1.31. The zero-order valence-electron chi connectivity index (χ0n) is 10.3. The lowest BCUT2D eigenvalue weighted by atomic mass is 10.1. The Morgan fingerprint density at radius 1 is 1.28 bits per heavy atom. The number of nitrogens with zero attached hydrogens (tertiary/aromatic N) is 3. The van der Waals surface area contributed by atoms with Gasteiger partial charge < -0.3 is 14.4 Å². The minimum Gasteiger partial charge on any atom is -0.346 e. The Hall–Kier alpha value is -0.720. The Kier molecular flexibility index (Phi) is 2.56. The van der Waals surface area contributed by atoms with Crippen molar-refractivity contribution in [1.82, 2.24) is 9.36 Å². The van der Waals surface area contributed by atoms with Gasteiger partial charge in [0.2, 0.25) is 5.13 Å². The fourth-order valence-electron chi connectivity index (χ4n) is 2.75. The molecule has 1 saturated carbocycles. The van der Waals surface area contributed by atoms with Crippen LogP contribution in [0.1, 0.15) is 37.4 Å². The van der Waals surface area contributed by atoms with E-state index in [1.54, 1.807) is 0 Å². The molecule has 0 aromatic carbocycles. The standard InChI is InChI=1S/C12H17N3O2S/c1-4-12(16-6-7-17-12)8-15(5-1)11-13-10(14-18-11)9-2-3-9/h9H,1-8H2. The van der Waals surface area contributed by atoms with E-state index in [0.29, 0.717) is 5.92 Å². The molecule has 4 rings (SSSR count). The highest BCUT2D eigenvalue weighted by atomic mass is 32.1. The third kappa shape index (κ3) is 1.92. The molecule has 3 aliphatic rings. The van der Waals surface area contributed by atoms with Crippen molar-refractivity contribution >= 4 is 16.7 Å². The smallest absolute Gasteiger partial charge is 0.205 e. The summed E-state index contributed by atoms with van der Waals surface area (Å²) in [6, 6.07) is 0. The van der Waals surface area contributed by atoms with Crippen molar-refractivity contribution in [3.63, 3.8) is 0 Å². The van der Waals surface area contributed by atoms with Gasteiger partial charge in [-0.2, -0.15) is 4.37 Å². The maximum atomic E-state index is 5.79. The lowest BCUT2D eigenvalue weighted by Gasteiger charge is -2.38. The number of anilines is 1. The summed E-state index contributed by atoms with van der Waals surface area (Å²) in [6.07, 6.45) is 4.61. The molecule has 98 valence electrons. The maximum absolute atomic E-state index is 5.79. The number of rotatable bonds is 2. The molecule has 5 nitrogen and oxygen atoms in total. The Labute approximate surface area is 110 Å². The number of hydrogen-bond donors (Lipinski definition) is 0. The lowest BCUT2D eigenvalue weighted by Crippen LogP contribution is -2.49. The molecule has 2 saturated heterocycles. The largest absolute Gasteiger partial charge is 0.346 e. The molecule has 1 spiro atoms. The summed E-state index contributed by atoms with van der Waals surface area (Å²) >= 11 is 1.52. The van der Waals surface area contributed by atoms with Gasteiger partial charge in [0.05, 0.1) is 19.8 Å². The monoisotopic (exact) mass is 267 g/mol. The second-order valence-corrected chi connectivity index (χ2v) is 6.07. The molecule has 0 bridgehead atoms. The Balaban J connectivity index is 1.52. The number of hydrogen-bond acceptors (Lipinski definition) is 6. The predicted octanol–water partition coefficient (Wildman–Crippen LogP) is 1.76. The average Bonchev–Trinajstić information content (AvgIpc) is 2.96. The van der Waals surface area contributed by atoms with Crippen LogP contribution < -0.4 is 4.90 Å². The molecular formula is C12H17N3O2S. The van der Waals surface area contributed by atoms with Crippen LogP contribution in [-0.2, 0) is 9.47 Å². The second-order valence-electron chi connectivity index (χ2n) is 5.34. The number of ether oxygens (including phenoxy) is 2. The molecule has 3 heterocycles. The summed E-state index contributed by atoms with van der Waals surface area (Å²) < 4.78 is 16.1. The zero-order chi connectivity index (χ0) is 12.0. The van der Waals surface area contributed by atoms with Gasteiger partial charge in [0, 0.05) is 30.4 Å². The van der Waals surface area contributed by atoms with Gasteiger partial charge in [-0.25, -0.2) is 4.98 Å². The van der Waals surface area contributed by atoms with Crippen molar-refractivity contribution in [1.29, 1.82) is 0 Å². The molecule has 0 radical (unpaired) electrons. The van der Waals surface area contributed by atoms with Crippen LogP contribution in [0.2, 0.25) is 0 Å². The van der Waals surface area contributed by atoms with Gasteiger partial charge in [-0.3, -0.25) is 0 Å². The van der Waals surface area contributed by atoms with Crippen LogP contribution in [0, 0.1) is 0 Å². The molecule has 0 N–H and O–H groups in total. The highest BCUT2D eigenvalue weighted by molar-refractivity contribution is 7.09. The molecule has 0 amide bonds. The summed E-state index contributed by atoms with van der Waals surface area (Å²) in [5.41, 5.74) is 0. The van der Waals surface area contributed by atoms with Crippen LogP contribution in [0.5, 0.6) is 0 Å². The van der Waals surface area contributed by atoms with E-state index < -0.39 is 0 Å². The second kappa shape index (κ2) is 4.15. The summed E-state index contributed by atoms with van der Waals surface area (Å²) in [7, 11) is 0. The highest BCUT2D eigenvalue weighted by Crippen LogP contribution is 2.40. The van der Waals surface area contributed by atoms with Crippen LogP contribution >= 0.6 is 11.5 Å². The molecule has 1 aromatic rings. The van der Waals surface area contributed by atoms with Crippen molar-refractivity contribution in [2.45, 2.75) is 37.4 Å². The fourth-order valence-corrected chi connectivity index (χ4v) is 3.52. The first kappa shape index (κ1) is 11.1. The van der Waals surface area contributed by atoms with Crippen molar-refractivity contribution in [3.8, 4) is 0 Å². The fraction of sp³-hybridized carbons (Fsp3) is 0.833. The maximum Gasteiger partial charge on any atom is 0.205 e. The van der Waals surface area contributed by atoms with Gasteiger partial charge in [0.1, 0.15) is 5.82 Å². The van der Waals surface area contributed by atoms with Crippen LogP contribution in [0.25, 0.3) is 0 Å². The minimum absolute atomic E-state index is 0.371. The van der Waals surface area contributed by atoms with Crippen molar-refractivity contribution in [3.05, 3.63) is 5.82 Å². The zero-order valence-corrected chi connectivity index (χ0v) is 11.1. The van der Waals surface area contributed by atoms with Crippen molar-refractivity contribution < 1.29 is 9.47 Å². The van der Waals surface area contributed by atoms with Crippen LogP contribution in [0.4, 0.5) is 5.13 Å². The molecule has 6 heteroatoms. The molecule has 0 unspecified atom stereocenters. The minimum atomic E-state index is -0.371. The topological polar surface area (TPSA) is 47.5 Å². The van der Waals surface area contributed by atoms with Gasteiger partial charge in [-0.15, -0.1) is 0 Å². The Morgan fingerprint density at radius 3 is 2.89 bits per heavy atom. The van der Waals surface area contributed by atoms with E-state index in [2.05, 4.69) is 14.3 Å². The average molecular weight is 267 g/mol. The van der Waals surface area contributed by atoms with Gasteiger partial charge in [-0.1, -0.05) is 0 Å². The van der Waals surface area contributed by atoms with E-state index in [0.717, 1.165) is 50.1 Å². The first-order valence-electron chi connectivity index (χ1n) is 6.71. The predicted molar refractivity (Wildman–Crippen MR) is 68.0 cm³/mol. The molecule has 2 aliphatic heterocycles. The summed E-state index contributed by atoms with van der Waals surface area (Å²) in [5, 5.41) is 1.04. The quantitative estimate of drug-likeness (QED) is 0.817. The molecule has 1 aromatic heterocycles. The van der Waals surface area contributed by atoms with Crippen molar-refractivity contribution in [2.75, 3.05) is 31.2 Å². The molecular weight excluding hydrogens is 250 g/mol. The van der Waals surface area contributed by atoms with Gasteiger partial charge in [0.15, 0.2) is 5.79 Å². The van der Waals surface area contributed by atoms with Crippen LogP contribution in [0.15, 0.2) is 0 Å². The van der Waals surface area contributed by atoms with E-state index in [4.69, 9.17) is 9.47 Å². The molecule has 18 heavy (non-hydrogen) atoms. The summed E-state index contributed by atoms with van der Waals surface area (Å²) in [4.78, 5) is 6.95. The molecule has 0 atom stereocenters. The number of aromatic nitrogens is 2. The summed E-state index contributed by atoms with van der Waals surface area (Å²) in [6.45, 7) is 3.27. The van der Waals surface area contributed by atoms with Gasteiger partial charge >= 0.3 is 0 Å². The van der Waals surface area contributed by atoms with Gasteiger partial charge in [-0.05, 0) is 19.3 Å². The third-order valence-electron chi connectivity index (χ3n) is 3.88. The Bertz CT molecular complexity index is 440. The van der Waals surface area contributed by atoms with E-state index in [1.165, 1.54) is 24.4 Å². The molecule has 3 fully saturated rings. The van der Waals surface area contributed by atoms with Crippen molar-refractivity contribution in [2.24, 2.45) is 0 Å². The lowest BCUT2D eigenvalue weighted by molar-refractivity contribution is -0.161. The normalized spacial score (nSPS) is 27.0. The highest BCUT2D eigenvalue weighted by Gasteiger charge is 2.41. The Morgan fingerprint density at radius 2 is 2.11 bits per heavy atom. The van der Waals surface area contributed by atoms with E-state index in [9.17, 15) is 0 Å². The van der Waals surface area contributed by atoms with E-state index >= 15 is 0 Å². The molecule has 1 aliphatic carbocycles. The first-order chi connectivity index (χ1) is 8.85. The van der Waals surface area contributed by atoms with E-state index in [-0.39, 0.29) is 5.79 Å². The van der Waals surface area contributed by atoms with Crippen LogP contribution in [0.3, 0.4) is 0 Å². The van der Waals surface area contributed by atoms with E-state index in [1.807, 2.05) is 0 Å². The first-order valence-corrected chi connectivity index (χ1v) is 7.48.